The Kier molecular flexibility index (Phi) is 4.94. The molecule has 0 bridgehead atoms. The highest BCUT2D eigenvalue weighted by molar-refractivity contribution is 7.92. The van der Waals surface area contributed by atoms with Crippen LogP contribution in [-0.4, -0.2) is 33.9 Å². The zero-order valence-electron chi connectivity index (χ0n) is 13.5. The molecule has 3 aromatic rings. The van der Waals surface area contributed by atoms with Gasteiger partial charge in [0.15, 0.2) is 5.82 Å². The van der Waals surface area contributed by atoms with Gasteiger partial charge >= 0.3 is 0 Å². The Morgan fingerprint density at radius 2 is 2.00 bits per heavy atom. The van der Waals surface area contributed by atoms with Crippen molar-refractivity contribution < 1.29 is 13.2 Å². The molecule has 0 spiro atoms. The van der Waals surface area contributed by atoms with E-state index in [9.17, 15) is 8.42 Å². The Balaban J connectivity index is 1.71. The summed E-state index contributed by atoms with van der Waals surface area (Å²) in [7, 11) is -3.31. The second kappa shape index (κ2) is 7.31. The van der Waals surface area contributed by atoms with Gasteiger partial charge in [0.05, 0.1) is 5.75 Å². The fourth-order valence-electron chi connectivity index (χ4n) is 2.13. The Morgan fingerprint density at radius 3 is 2.68 bits per heavy atom. The summed E-state index contributed by atoms with van der Waals surface area (Å²) in [5, 5.41) is 4.10. The number of hydrogen-bond acceptors (Lipinski definition) is 6. The quantitative estimate of drug-likeness (QED) is 0.696. The minimum Gasteiger partial charge on any atom is -0.439 e. The minimum atomic E-state index is -3.31. The lowest BCUT2D eigenvalue weighted by Gasteiger charge is -2.09. The first-order valence-electron chi connectivity index (χ1n) is 7.66. The van der Waals surface area contributed by atoms with Gasteiger partial charge in [-0.05, 0) is 36.8 Å². The van der Waals surface area contributed by atoms with Gasteiger partial charge in [-0.1, -0.05) is 6.92 Å². The van der Waals surface area contributed by atoms with E-state index in [-0.39, 0.29) is 5.75 Å². The topological polar surface area (TPSA) is 99.0 Å². The zero-order valence-corrected chi connectivity index (χ0v) is 14.3. The van der Waals surface area contributed by atoms with Crippen LogP contribution in [0.25, 0.3) is 5.82 Å². The highest BCUT2D eigenvalue weighted by Gasteiger charge is 2.09. The molecular weight excluding hydrogens is 342 g/mol. The molecule has 0 amide bonds. The average molecular weight is 359 g/mol. The van der Waals surface area contributed by atoms with E-state index in [0.29, 0.717) is 29.6 Å². The molecule has 0 fully saturated rings. The number of sulfonamides is 1. The van der Waals surface area contributed by atoms with Gasteiger partial charge in [-0.25, -0.2) is 23.1 Å². The van der Waals surface area contributed by atoms with Crippen LogP contribution in [0, 0.1) is 0 Å². The highest BCUT2D eigenvalue weighted by atomic mass is 32.2. The monoisotopic (exact) mass is 359 g/mol. The maximum absolute atomic E-state index is 11.8. The molecule has 1 N–H and O–H groups in total. The SMILES string of the molecule is CCCS(=O)(=O)Nc1ccc(Oc2cc(-n3cccn3)ncn2)cc1. The lowest BCUT2D eigenvalue weighted by molar-refractivity contribution is 0.460. The fourth-order valence-corrected chi connectivity index (χ4v) is 3.26. The van der Waals surface area contributed by atoms with E-state index in [1.165, 1.54) is 6.33 Å². The van der Waals surface area contributed by atoms with Crippen LogP contribution in [0.4, 0.5) is 5.69 Å². The standard InChI is InChI=1S/C16H17N5O3S/c1-2-10-25(22,23)20-13-4-6-14(7-5-13)24-16-11-15(17-12-18-16)21-9-3-8-19-21/h3-9,11-12,20H,2,10H2,1H3. The molecule has 0 saturated carbocycles. The molecular formula is C16H17N5O3S. The molecule has 0 saturated heterocycles. The van der Waals surface area contributed by atoms with Gasteiger partial charge in [0.2, 0.25) is 15.9 Å². The molecule has 0 aliphatic carbocycles. The number of aromatic nitrogens is 4. The Bertz CT molecular complexity index is 925. The molecule has 0 radical (unpaired) electrons. The fraction of sp³-hybridized carbons (Fsp3) is 0.188. The molecule has 1 aromatic carbocycles. The summed E-state index contributed by atoms with van der Waals surface area (Å²) in [6.07, 6.45) is 5.37. The third-order valence-corrected chi connectivity index (χ3v) is 4.68. The van der Waals surface area contributed by atoms with E-state index in [4.69, 9.17) is 4.74 Å². The van der Waals surface area contributed by atoms with Crippen molar-refractivity contribution in [1.82, 2.24) is 19.7 Å². The molecule has 3 rings (SSSR count). The summed E-state index contributed by atoms with van der Waals surface area (Å²) >= 11 is 0. The van der Waals surface area contributed by atoms with Crippen LogP contribution in [-0.2, 0) is 10.0 Å². The summed E-state index contributed by atoms with van der Waals surface area (Å²) < 4.78 is 33.3. The van der Waals surface area contributed by atoms with Crippen LogP contribution in [0.2, 0.25) is 0 Å². The first-order chi connectivity index (χ1) is 12.1. The lowest BCUT2D eigenvalue weighted by Crippen LogP contribution is -2.15. The molecule has 0 unspecified atom stereocenters. The predicted molar refractivity (Wildman–Crippen MR) is 93.4 cm³/mol. The third-order valence-electron chi connectivity index (χ3n) is 3.19. The second-order valence-electron chi connectivity index (χ2n) is 5.21. The number of rotatable bonds is 7. The number of ether oxygens (including phenoxy) is 1. The Hall–Kier alpha value is -2.94. The van der Waals surface area contributed by atoms with Crippen LogP contribution >= 0.6 is 0 Å². The molecule has 2 heterocycles. The number of hydrogen-bond donors (Lipinski definition) is 1. The van der Waals surface area contributed by atoms with Crippen molar-refractivity contribution >= 4 is 15.7 Å². The van der Waals surface area contributed by atoms with Gasteiger partial charge in [0, 0.05) is 24.1 Å². The smallest absolute Gasteiger partial charge is 0.232 e. The molecule has 130 valence electrons. The van der Waals surface area contributed by atoms with E-state index >= 15 is 0 Å². The van der Waals surface area contributed by atoms with Crippen LogP contribution in [0.1, 0.15) is 13.3 Å². The summed E-state index contributed by atoms with van der Waals surface area (Å²) in [4.78, 5) is 8.19. The normalized spacial score (nSPS) is 11.2. The van der Waals surface area contributed by atoms with Crippen molar-refractivity contribution in [3.8, 4) is 17.4 Å². The van der Waals surface area contributed by atoms with E-state index in [1.807, 2.05) is 6.92 Å². The van der Waals surface area contributed by atoms with Gasteiger partial charge < -0.3 is 4.74 Å². The summed E-state index contributed by atoms with van der Waals surface area (Å²) in [6.45, 7) is 1.81. The van der Waals surface area contributed by atoms with Crippen LogP contribution < -0.4 is 9.46 Å². The number of nitrogens with zero attached hydrogens (tertiary/aromatic N) is 4. The van der Waals surface area contributed by atoms with Crippen LogP contribution in [0.3, 0.4) is 0 Å². The summed E-state index contributed by atoms with van der Waals surface area (Å²) in [5.74, 6) is 1.56. The van der Waals surface area contributed by atoms with E-state index in [0.717, 1.165) is 0 Å². The van der Waals surface area contributed by atoms with Gasteiger partial charge in [-0.3, -0.25) is 4.72 Å². The van der Waals surface area contributed by atoms with Crippen molar-refractivity contribution in [3.63, 3.8) is 0 Å². The van der Waals surface area contributed by atoms with E-state index in [1.54, 1.807) is 53.5 Å². The van der Waals surface area contributed by atoms with Crippen molar-refractivity contribution in [3.05, 3.63) is 55.1 Å². The van der Waals surface area contributed by atoms with E-state index < -0.39 is 10.0 Å². The van der Waals surface area contributed by atoms with Gasteiger partial charge in [-0.2, -0.15) is 5.10 Å². The van der Waals surface area contributed by atoms with Crippen molar-refractivity contribution in [2.24, 2.45) is 0 Å². The molecule has 0 aliphatic rings. The van der Waals surface area contributed by atoms with Gasteiger partial charge in [-0.15, -0.1) is 0 Å². The molecule has 25 heavy (non-hydrogen) atoms. The molecule has 2 aromatic heterocycles. The lowest BCUT2D eigenvalue weighted by atomic mass is 10.3. The minimum absolute atomic E-state index is 0.0857. The largest absolute Gasteiger partial charge is 0.439 e. The average Bonchev–Trinajstić information content (AvgIpc) is 3.11. The van der Waals surface area contributed by atoms with Crippen molar-refractivity contribution in [2.45, 2.75) is 13.3 Å². The van der Waals surface area contributed by atoms with Gasteiger partial charge in [0.25, 0.3) is 0 Å². The third kappa shape index (κ3) is 4.54. The second-order valence-corrected chi connectivity index (χ2v) is 7.05. The number of nitrogens with one attached hydrogen (secondary N) is 1. The molecule has 0 atom stereocenters. The van der Waals surface area contributed by atoms with Crippen molar-refractivity contribution in [1.29, 1.82) is 0 Å². The predicted octanol–water partition coefficient (Wildman–Crippen LogP) is 2.61. The van der Waals surface area contributed by atoms with Crippen molar-refractivity contribution in [2.75, 3.05) is 10.5 Å². The van der Waals surface area contributed by atoms with Gasteiger partial charge in [0.1, 0.15) is 12.1 Å². The first kappa shape index (κ1) is 16.9. The number of benzene rings is 1. The summed E-state index contributed by atoms with van der Waals surface area (Å²) in [6, 6.07) is 10.1. The first-order valence-corrected chi connectivity index (χ1v) is 9.31. The molecule has 8 nitrogen and oxygen atoms in total. The maximum atomic E-state index is 11.8. The summed E-state index contributed by atoms with van der Waals surface area (Å²) in [5.41, 5.74) is 0.487. The number of anilines is 1. The highest BCUT2D eigenvalue weighted by Crippen LogP contribution is 2.22. The maximum Gasteiger partial charge on any atom is 0.232 e. The van der Waals surface area contributed by atoms with Crippen LogP contribution in [0.15, 0.2) is 55.1 Å². The zero-order chi connectivity index (χ0) is 17.7. The van der Waals surface area contributed by atoms with Crippen LogP contribution in [0.5, 0.6) is 11.6 Å². The Labute approximate surface area is 145 Å². The molecule has 0 aliphatic heterocycles. The Morgan fingerprint density at radius 1 is 1.20 bits per heavy atom. The molecule has 9 heteroatoms. The van der Waals surface area contributed by atoms with E-state index in [2.05, 4.69) is 19.8 Å².